The number of Topliss-reactive ketones (excluding diaryl/α,β-unsaturated/α-hetero) is 1. The predicted octanol–water partition coefficient (Wildman–Crippen LogP) is 2.09. The van der Waals surface area contributed by atoms with Crippen molar-refractivity contribution in [1.29, 1.82) is 5.26 Å². The number of nitriles is 1. The van der Waals surface area contributed by atoms with Gasteiger partial charge in [-0.1, -0.05) is 30.3 Å². The lowest BCUT2D eigenvalue weighted by Gasteiger charge is -2.31. The Morgan fingerprint density at radius 2 is 1.94 bits per heavy atom. The molecule has 23 nitrogen and oxygen atoms in total. The Morgan fingerprint density at radius 1 is 1.18 bits per heavy atom. The number of aliphatic imine (C=N–C) groups is 1. The molecule has 2 bridgehead atoms. The van der Waals surface area contributed by atoms with Crippen LogP contribution in [0.2, 0.25) is 0 Å². The molecule has 3 saturated heterocycles. The second kappa shape index (κ2) is 18.0. The van der Waals surface area contributed by atoms with Crippen LogP contribution in [0.4, 0.5) is 10.3 Å². The number of aliphatic hydroxyl groups excluding tert-OH is 1. The Labute approximate surface area is 355 Å². The number of aliphatic hydroxyl groups is 1. The summed E-state index contributed by atoms with van der Waals surface area (Å²) in [7, 11) is 0.109. The van der Waals surface area contributed by atoms with Gasteiger partial charge in [-0.2, -0.15) is 10.2 Å². The van der Waals surface area contributed by atoms with Gasteiger partial charge in [0.25, 0.3) is 5.56 Å². The Balaban J connectivity index is 1.04. The number of imidazole rings is 2. The minimum Gasteiger partial charge on any atom is -0.393 e. The number of alkyl halides is 1. The van der Waals surface area contributed by atoms with E-state index >= 15 is 4.39 Å². The standard InChI is InChI=1S/C35H36FN11O12P2S/c1-45(2)16-42-34-43-30-25(31(50)44-34)41-18-47(30)33-27-28(35(13-48,57-33)14-53-27)59-61(62,54-10-6-9-37)55-12-22-26(58-60(51)52)23(36)32(56-22)46-17-40-24-20(38-15-39-29(24)46)11-21(49)19-7-4-3-5-8-19/h3-5,7-8,15-18,22-23,26-28,32-33,48H,6,10-14H2,1-2H3,(H-,43,44,50,51,52)/p+1/t22-,23-,26-,27-,28+,32-,33-,35-,61?/m1/s1. The van der Waals surface area contributed by atoms with Crippen molar-refractivity contribution in [3.05, 3.63) is 70.9 Å². The number of H-pyrrole nitrogens is 1. The summed E-state index contributed by atoms with van der Waals surface area (Å²) in [6.07, 6.45) is -5.18. The van der Waals surface area contributed by atoms with Crippen molar-refractivity contribution >= 4 is 67.2 Å². The van der Waals surface area contributed by atoms with Gasteiger partial charge < -0.3 is 33.3 Å². The number of carbonyl (C=O) groups excluding carboxylic acids is 1. The molecule has 10 atom stereocenters. The van der Waals surface area contributed by atoms with E-state index in [9.17, 15) is 29.4 Å². The number of rotatable bonds is 18. The highest BCUT2D eigenvalue weighted by Gasteiger charge is 2.65. The van der Waals surface area contributed by atoms with Crippen LogP contribution in [0.1, 0.15) is 34.9 Å². The van der Waals surface area contributed by atoms with E-state index in [4.69, 9.17) is 44.1 Å². The lowest BCUT2D eigenvalue weighted by molar-refractivity contribution is -0.185. The number of aromatic amines is 1. The molecule has 4 aromatic heterocycles. The predicted molar refractivity (Wildman–Crippen MR) is 214 cm³/mol. The van der Waals surface area contributed by atoms with Gasteiger partial charge in [-0.25, -0.2) is 29.3 Å². The Morgan fingerprint density at radius 3 is 2.66 bits per heavy atom. The summed E-state index contributed by atoms with van der Waals surface area (Å²) < 4.78 is 72.9. The molecule has 3 aliphatic heterocycles. The zero-order valence-electron chi connectivity index (χ0n) is 32.6. The van der Waals surface area contributed by atoms with Gasteiger partial charge in [0.05, 0.1) is 70.0 Å². The molecule has 8 rings (SSSR count). The fraction of sp³-hybridized carbons (Fsp3) is 0.457. The Hall–Kier alpha value is -4.93. The maximum atomic E-state index is 16.4. The third kappa shape index (κ3) is 8.57. The topological polar surface area (TPSA) is 286 Å². The molecular weight excluding hydrogens is 879 g/mol. The number of nitrogens with zero attached hydrogens (tertiary/aromatic N) is 10. The second-order valence-corrected chi connectivity index (χ2v) is 18.0. The first-order valence-corrected chi connectivity index (χ1v) is 22.4. The van der Waals surface area contributed by atoms with Gasteiger partial charge in [0.15, 0.2) is 47.3 Å². The van der Waals surface area contributed by atoms with Crippen LogP contribution in [0.15, 0.2) is 59.1 Å². The highest BCUT2D eigenvalue weighted by molar-refractivity contribution is 8.07. The molecule has 3 N–H and O–H groups in total. The first-order chi connectivity index (χ1) is 29.8. The largest absolute Gasteiger partial charge is 0.695 e. The number of benzene rings is 1. The average molecular weight is 917 g/mol. The molecule has 27 heteroatoms. The van der Waals surface area contributed by atoms with E-state index in [0.29, 0.717) is 5.56 Å². The maximum Gasteiger partial charge on any atom is 0.695 e. The molecule has 326 valence electrons. The molecule has 3 fully saturated rings. The number of fused-ring (bicyclic) bond motifs is 4. The van der Waals surface area contributed by atoms with Gasteiger partial charge >= 0.3 is 15.0 Å². The van der Waals surface area contributed by atoms with Crippen LogP contribution in [-0.4, -0.2) is 143 Å². The van der Waals surface area contributed by atoms with E-state index in [1.54, 1.807) is 49.3 Å². The fourth-order valence-corrected chi connectivity index (χ4v) is 9.78. The number of hydrogen-bond acceptors (Lipinski definition) is 19. The summed E-state index contributed by atoms with van der Waals surface area (Å²) >= 11 is 5.82. The first-order valence-electron chi connectivity index (χ1n) is 18.7. The van der Waals surface area contributed by atoms with E-state index in [1.165, 1.54) is 34.5 Å². The third-order valence-electron chi connectivity index (χ3n) is 10.1. The van der Waals surface area contributed by atoms with Gasteiger partial charge in [-0.15, -0.1) is 9.42 Å². The summed E-state index contributed by atoms with van der Waals surface area (Å²) in [4.78, 5) is 65.5. The minimum absolute atomic E-state index is 0.0176. The Bertz CT molecular complexity index is 2670. The number of ketones is 1. The highest BCUT2D eigenvalue weighted by Crippen LogP contribution is 2.58. The minimum atomic E-state index is -4.05. The SMILES string of the molecule is CN(C)C=Nc1nc2c(ncn2[C@@H]2O[C@]3(CO)CO[C@@H]2[C@@H]3OP(=S)(OCCC#N)OC[C@H]2O[C@@H](n3cnc4c(CC(=O)c5ccccc5)ncnc43)[C@H](F)[C@@H]2O[P+](=O)O)c(=O)[nH]1. The number of nitrogens with one attached hydrogen (secondary N) is 1. The summed E-state index contributed by atoms with van der Waals surface area (Å²) in [5, 5.41) is 20.0. The second-order valence-electron chi connectivity index (χ2n) is 14.4. The Kier molecular flexibility index (Phi) is 12.7. The van der Waals surface area contributed by atoms with Crippen LogP contribution in [0.25, 0.3) is 22.3 Å². The van der Waals surface area contributed by atoms with Crippen molar-refractivity contribution < 1.29 is 56.1 Å². The summed E-state index contributed by atoms with van der Waals surface area (Å²) in [5.41, 5.74) is -1.03. The van der Waals surface area contributed by atoms with Crippen molar-refractivity contribution in [3.63, 3.8) is 0 Å². The maximum absolute atomic E-state index is 16.4. The lowest BCUT2D eigenvalue weighted by Crippen LogP contribution is -2.45. The number of halogens is 1. The number of carbonyl (C=O) groups is 1. The van der Waals surface area contributed by atoms with Crippen molar-refractivity contribution in [2.24, 2.45) is 4.99 Å². The molecule has 3 aliphatic rings. The smallest absolute Gasteiger partial charge is 0.393 e. The van der Waals surface area contributed by atoms with E-state index in [-0.39, 0.29) is 65.8 Å². The molecule has 7 heterocycles. The van der Waals surface area contributed by atoms with Crippen molar-refractivity contribution in [1.82, 2.24) is 43.9 Å². The van der Waals surface area contributed by atoms with Crippen LogP contribution >= 0.6 is 15.0 Å². The highest BCUT2D eigenvalue weighted by atomic mass is 32.5. The molecule has 62 heavy (non-hydrogen) atoms. The van der Waals surface area contributed by atoms with E-state index in [2.05, 4.69) is 34.9 Å². The van der Waals surface area contributed by atoms with E-state index in [0.717, 1.165) is 0 Å². The fourth-order valence-electron chi connectivity index (χ4n) is 7.20. The molecule has 0 amide bonds. The third-order valence-corrected chi connectivity index (χ3v) is 12.8. The van der Waals surface area contributed by atoms with Crippen molar-refractivity contribution in [2.45, 2.75) is 61.5 Å². The molecular formula is C35H37FN11O12P2S+. The summed E-state index contributed by atoms with van der Waals surface area (Å²) in [5.74, 6) is -0.253. The molecule has 0 saturated carbocycles. The number of hydrogen-bond donors (Lipinski definition) is 3. The molecule has 0 radical (unpaired) electrons. The summed E-state index contributed by atoms with van der Waals surface area (Å²) in [6.45, 7) is -5.75. The van der Waals surface area contributed by atoms with Crippen molar-refractivity contribution in [3.8, 4) is 6.07 Å². The average Bonchev–Trinajstić information content (AvgIpc) is 4.08. The molecule has 2 unspecified atom stereocenters. The van der Waals surface area contributed by atoms with Gasteiger partial charge in [-0.3, -0.25) is 28.2 Å². The lowest BCUT2D eigenvalue weighted by atomic mass is 10.0. The van der Waals surface area contributed by atoms with Crippen molar-refractivity contribution in [2.75, 3.05) is 40.5 Å². The molecule has 5 aromatic rings. The monoisotopic (exact) mass is 916 g/mol. The van der Waals surface area contributed by atoms with Gasteiger partial charge in [-0.05, 0) is 11.8 Å². The van der Waals surface area contributed by atoms with Gasteiger partial charge in [0, 0.05) is 24.2 Å². The van der Waals surface area contributed by atoms with E-state index < -0.39 is 82.4 Å². The van der Waals surface area contributed by atoms with E-state index in [1.807, 2.05) is 6.07 Å². The number of aromatic nitrogens is 8. The van der Waals surface area contributed by atoms with Crippen LogP contribution in [0, 0.1) is 11.3 Å². The zero-order valence-corrected chi connectivity index (χ0v) is 35.2. The van der Waals surface area contributed by atoms with Gasteiger partial charge in [0.2, 0.25) is 5.95 Å². The quantitative estimate of drug-likeness (QED) is 0.0373. The first kappa shape index (κ1) is 43.7. The van der Waals surface area contributed by atoms with Crippen LogP contribution in [0.5, 0.6) is 0 Å². The molecule has 1 aromatic carbocycles. The summed E-state index contributed by atoms with van der Waals surface area (Å²) in [6, 6.07) is 10.5. The molecule has 0 aliphatic carbocycles. The molecule has 0 spiro atoms. The van der Waals surface area contributed by atoms with Crippen LogP contribution < -0.4 is 5.56 Å². The number of ether oxygens (including phenoxy) is 3. The van der Waals surface area contributed by atoms with Crippen LogP contribution in [0.3, 0.4) is 0 Å². The van der Waals surface area contributed by atoms with Gasteiger partial charge in [0.1, 0.15) is 35.8 Å². The van der Waals surface area contributed by atoms with Crippen LogP contribution in [-0.2, 0) is 55.1 Å². The zero-order chi connectivity index (χ0) is 43.8. The normalized spacial score (nSPS) is 27.0.